The molecule has 0 amide bonds. The highest BCUT2D eigenvalue weighted by atomic mass is 32.2. The predicted molar refractivity (Wildman–Crippen MR) is 71.8 cm³/mol. The van der Waals surface area contributed by atoms with Crippen LogP contribution in [-0.2, 0) is 14.8 Å². The van der Waals surface area contributed by atoms with Gasteiger partial charge >= 0.3 is 0 Å². The summed E-state index contributed by atoms with van der Waals surface area (Å²) in [5.41, 5.74) is 0.608. The second-order valence-corrected chi connectivity index (χ2v) is 6.08. The van der Waals surface area contributed by atoms with Gasteiger partial charge in [-0.1, -0.05) is 0 Å². The van der Waals surface area contributed by atoms with Crippen molar-refractivity contribution in [2.24, 2.45) is 5.14 Å². The molecule has 6 nitrogen and oxygen atoms in total. The van der Waals surface area contributed by atoms with Crippen molar-refractivity contribution in [3.05, 3.63) is 18.2 Å². The molecule has 0 bridgehead atoms. The first-order valence-corrected chi connectivity index (χ1v) is 7.55. The third-order valence-electron chi connectivity index (χ3n) is 3.22. The van der Waals surface area contributed by atoms with E-state index in [1.54, 1.807) is 6.07 Å². The van der Waals surface area contributed by atoms with Crippen LogP contribution in [0.15, 0.2) is 23.1 Å². The van der Waals surface area contributed by atoms with Crippen molar-refractivity contribution in [1.82, 2.24) is 0 Å². The van der Waals surface area contributed by atoms with Crippen molar-refractivity contribution in [3.8, 4) is 5.75 Å². The Morgan fingerprint density at radius 3 is 2.74 bits per heavy atom. The van der Waals surface area contributed by atoms with E-state index in [0.29, 0.717) is 18.0 Å². The molecule has 0 radical (unpaired) electrons. The van der Waals surface area contributed by atoms with E-state index in [1.165, 1.54) is 19.2 Å². The lowest BCUT2D eigenvalue weighted by molar-refractivity contribution is 0.121. The van der Waals surface area contributed by atoms with Crippen LogP contribution in [0.2, 0.25) is 0 Å². The van der Waals surface area contributed by atoms with E-state index in [4.69, 9.17) is 14.6 Å². The molecule has 2 unspecified atom stereocenters. The molecule has 2 rings (SSSR count). The molecule has 1 aromatic rings. The van der Waals surface area contributed by atoms with Gasteiger partial charge < -0.3 is 14.8 Å². The van der Waals surface area contributed by atoms with Crippen LogP contribution in [-0.4, -0.2) is 34.3 Å². The molecule has 1 aromatic carbocycles. The van der Waals surface area contributed by atoms with Gasteiger partial charge in [0.15, 0.2) is 0 Å². The summed E-state index contributed by atoms with van der Waals surface area (Å²) in [6.45, 7) is 2.66. The number of primary sulfonamides is 1. The van der Waals surface area contributed by atoms with E-state index in [0.717, 1.165) is 6.42 Å². The van der Waals surface area contributed by atoms with E-state index in [9.17, 15) is 8.42 Å². The molecule has 3 N–H and O–H groups in total. The first-order valence-electron chi connectivity index (χ1n) is 6.01. The number of benzene rings is 1. The van der Waals surface area contributed by atoms with Crippen LogP contribution < -0.4 is 15.2 Å². The van der Waals surface area contributed by atoms with Gasteiger partial charge in [0.25, 0.3) is 0 Å². The van der Waals surface area contributed by atoms with Crippen molar-refractivity contribution < 1.29 is 17.9 Å². The van der Waals surface area contributed by atoms with E-state index in [1.807, 2.05) is 6.92 Å². The molecule has 0 spiro atoms. The fourth-order valence-corrected chi connectivity index (χ4v) is 2.64. The summed E-state index contributed by atoms with van der Waals surface area (Å²) >= 11 is 0. The van der Waals surface area contributed by atoms with Crippen LogP contribution >= 0.6 is 0 Å². The van der Waals surface area contributed by atoms with Crippen molar-refractivity contribution in [2.75, 3.05) is 19.0 Å². The van der Waals surface area contributed by atoms with Crippen molar-refractivity contribution in [3.63, 3.8) is 0 Å². The Bertz CT molecular complexity index is 559. The third-order valence-corrected chi connectivity index (χ3v) is 4.13. The average molecular weight is 286 g/mol. The summed E-state index contributed by atoms with van der Waals surface area (Å²) in [5.74, 6) is 0.575. The maximum Gasteiger partial charge on any atom is 0.238 e. The van der Waals surface area contributed by atoms with Crippen LogP contribution in [0.25, 0.3) is 0 Å². The number of nitrogens with two attached hydrogens (primary N) is 1. The summed E-state index contributed by atoms with van der Waals surface area (Å²) in [7, 11) is -2.19. The Morgan fingerprint density at radius 2 is 2.21 bits per heavy atom. The first kappa shape index (κ1) is 14.1. The lowest BCUT2D eigenvalue weighted by Crippen LogP contribution is -2.27. The Hall–Kier alpha value is -1.31. The summed E-state index contributed by atoms with van der Waals surface area (Å²) in [6, 6.07) is 4.63. The fourth-order valence-electron chi connectivity index (χ4n) is 2.10. The number of sulfonamides is 1. The van der Waals surface area contributed by atoms with Gasteiger partial charge in [-0.05, 0) is 31.5 Å². The van der Waals surface area contributed by atoms with Crippen molar-refractivity contribution >= 4 is 15.7 Å². The fraction of sp³-hybridized carbons (Fsp3) is 0.500. The van der Waals surface area contributed by atoms with Crippen LogP contribution in [0.1, 0.15) is 13.3 Å². The number of methoxy groups -OCH3 is 1. The minimum Gasteiger partial charge on any atom is -0.495 e. The Kier molecular flexibility index (Phi) is 3.98. The van der Waals surface area contributed by atoms with Gasteiger partial charge in [0, 0.05) is 6.61 Å². The molecule has 1 aliphatic heterocycles. The minimum atomic E-state index is -3.72. The smallest absolute Gasteiger partial charge is 0.238 e. The average Bonchev–Trinajstić information content (AvgIpc) is 2.74. The highest BCUT2D eigenvalue weighted by molar-refractivity contribution is 7.89. The second kappa shape index (κ2) is 5.36. The minimum absolute atomic E-state index is 0.0577. The maximum absolute atomic E-state index is 11.4. The number of anilines is 1. The van der Waals surface area contributed by atoms with Gasteiger partial charge in [-0.3, -0.25) is 0 Å². The summed E-state index contributed by atoms with van der Waals surface area (Å²) in [6.07, 6.45) is 0.937. The molecule has 7 heteroatoms. The van der Waals surface area contributed by atoms with Gasteiger partial charge in [-0.15, -0.1) is 0 Å². The SMILES string of the molecule is COc1ccc(S(N)(=O)=O)cc1NC1CCOC1C. The monoisotopic (exact) mass is 286 g/mol. The lowest BCUT2D eigenvalue weighted by Gasteiger charge is -2.19. The Balaban J connectivity index is 2.31. The van der Waals surface area contributed by atoms with E-state index >= 15 is 0 Å². The predicted octanol–water partition coefficient (Wildman–Crippen LogP) is 0.932. The van der Waals surface area contributed by atoms with Crippen LogP contribution in [0, 0.1) is 0 Å². The van der Waals surface area contributed by atoms with Gasteiger partial charge in [0.2, 0.25) is 10.0 Å². The van der Waals surface area contributed by atoms with E-state index in [2.05, 4.69) is 5.32 Å². The Morgan fingerprint density at radius 1 is 1.47 bits per heavy atom. The molecule has 1 fully saturated rings. The van der Waals surface area contributed by atoms with Gasteiger partial charge in [0.1, 0.15) is 5.75 Å². The van der Waals surface area contributed by atoms with Crippen LogP contribution in [0.4, 0.5) is 5.69 Å². The van der Waals surface area contributed by atoms with E-state index < -0.39 is 10.0 Å². The zero-order valence-corrected chi connectivity index (χ0v) is 11.7. The number of rotatable bonds is 4. The molecule has 2 atom stereocenters. The standard InChI is InChI=1S/C12H18N2O4S/c1-8-10(5-6-18-8)14-11-7-9(19(13,15)16)3-4-12(11)17-2/h3-4,7-8,10,14H,5-6H2,1-2H3,(H2,13,15,16). The van der Waals surface area contributed by atoms with Crippen molar-refractivity contribution in [2.45, 2.75) is 30.4 Å². The molecular formula is C12H18N2O4S. The van der Waals surface area contributed by atoms with Gasteiger partial charge in [-0.25, -0.2) is 13.6 Å². The third kappa shape index (κ3) is 3.17. The Labute approximate surface area is 112 Å². The summed E-state index contributed by atoms with van der Waals surface area (Å²) < 4.78 is 33.4. The lowest BCUT2D eigenvalue weighted by atomic mass is 10.1. The zero-order chi connectivity index (χ0) is 14.0. The molecule has 0 aromatic heterocycles. The molecule has 1 aliphatic rings. The van der Waals surface area contributed by atoms with Crippen LogP contribution in [0.5, 0.6) is 5.75 Å². The maximum atomic E-state index is 11.4. The number of ether oxygens (including phenoxy) is 2. The first-order chi connectivity index (χ1) is 8.91. The number of hydrogen-bond acceptors (Lipinski definition) is 5. The summed E-state index contributed by atoms with van der Waals surface area (Å²) in [4.78, 5) is 0.0577. The number of hydrogen-bond donors (Lipinski definition) is 2. The zero-order valence-electron chi connectivity index (χ0n) is 10.9. The second-order valence-electron chi connectivity index (χ2n) is 4.52. The van der Waals surface area contributed by atoms with Gasteiger partial charge in [0.05, 0.1) is 29.8 Å². The summed E-state index contributed by atoms with van der Waals surface area (Å²) in [5, 5.41) is 8.38. The normalized spacial score (nSPS) is 23.3. The van der Waals surface area contributed by atoms with Crippen LogP contribution in [0.3, 0.4) is 0 Å². The number of nitrogens with one attached hydrogen (secondary N) is 1. The van der Waals surface area contributed by atoms with Crippen molar-refractivity contribution in [1.29, 1.82) is 0 Å². The topological polar surface area (TPSA) is 90.7 Å². The molecular weight excluding hydrogens is 268 g/mol. The largest absolute Gasteiger partial charge is 0.495 e. The molecule has 0 aliphatic carbocycles. The van der Waals surface area contributed by atoms with Gasteiger partial charge in [-0.2, -0.15) is 0 Å². The molecule has 0 saturated carbocycles. The molecule has 106 valence electrons. The molecule has 1 saturated heterocycles. The quantitative estimate of drug-likeness (QED) is 0.859. The highest BCUT2D eigenvalue weighted by Crippen LogP contribution is 2.29. The highest BCUT2D eigenvalue weighted by Gasteiger charge is 2.25. The molecule has 19 heavy (non-hydrogen) atoms. The van der Waals surface area contributed by atoms with E-state index in [-0.39, 0.29) is 17.0 Å². The molecule has 1 heterocycles.